The van der Waals surface area contributed by atoms with Gasteiger partial charge in [-0.25, -0.2) is 0 Å². The molecule has 2 rings (SSSR count). The van der Waals surface area contributed by atoms with Crippen molar-refractivity contribution in [3.05, 3.63) is 36.2 Å². The van der Waals surface area contributed by atoms with Crippen LogP contribution in [-0.4, -0.2) is 33.3 Å². The fraction of sp³-hybridized carbons (Fsp3) is 0.462. The molecule has 0 bridgehead atoms. The average Bonchev–Trinajstić information content (AvgIpc) is 2.84. The lowest BCUT2D eigenvalue weighted by molar-refractivity contribution is 0.414. The van der Waals surface area contributed by atoms with Crippen molar-refractivity contribution in [1.82, 2.24) is 25.5 Å². The summed E-state index contributed by atoms with van der Waals surface area (Å²) < 4.78 is 1.80. The van der Waals surface area contributed by atoms with Gasteiger partial charge in [0.25, 0.3) is 0 Å². The Kier molecular flexibility index (Phi) is 4.04. The van der Waals surface area contributed by atoms with Crippen LogP contribution in [0.25, 0.3) is 5.69 Å². The third kappa shape index (κ3) is 2.73. The molecule has 0 fully saturated rings. The maximum absolute atomic E-state index is 4.12. The van der Waals surface area contributed by atoms with Crippen molar-refractivity contribution in [1.29, 1.82) is 0 Å². The number of hydrogen-bond donors (Lipinski definition) is 1. The van der Waals surface area contributed by atoms with E-state index in [-0.39, 0.29) is 0 Å². The molecule has 0 saturated carbocycles. The van der Waals surface area contributed by atoms with E-state index in [0.29, 0.717) is 12.0 Å². The zero-order chi connectivity index (χ0) is 13.0. The highest BCUT2D eigenvalue weighted by Crippen LogP contribution is 2.11. The number of hydrogen-bond acceptors (Lipinski definition) is 4. The van der Waals surface area contributed by atoms with Gasteiger partial charge in [-0.15, -0.1) is 5.10 Å². The van der Waals surface area contributed by atoms with Gasteiger partial charge in [0.15, 0.2) is 5.82 Å². The highest BCUT2D eigenvalue weighted by Gasteiger charge is 2.16. The van der Waals surface area contributed by atoms with Crippen LogP contribution in [0.15, 0.2) is 30.3 Å². The zero-order valence-electron chi connectivity index (χ0n) is 11.0. The highest BCUT2D eigenvalue weighted by atomic mass is 15.5. The first-order chi connectivity index (χ1) is 8.72. The topological polar surface area (TPSA) is 55.6 Å². The predicted molar refractivity (Wildman–Crippen MR) is 70.5 cm³/mol. The van der Waals surface area contributed by atoms with Crippen molar-refractivity contribution in [3.8, 4) is 5.69 Å². The van der Waals surface area contributed by atoms with Crippen LogP contribution in [0, 0.1) is 5.92 Å². The van der Waals surface area contributed by atoms with E-state index in [4.69, 9.17) is 0 Å². The molecule has 5 nitrogen and oxygen atoms in total. The lowest BCUT2D eigenvalue weighted by atomic mass is 10.0. The summed E-state index contributed by atoms with van der Waals surface area (Å²) in [7, 11) is 1.97. The number of nitrogens with zero attached hydrogens (tertiary/aromatic N) is 4. The Morgan fingerprint density at radius 2 is 1.94 bits per heavy atom. The molecule has 0 saturated heterocycles. The molecule has 0 aliphatic heterocycles. The Bertz CT molecular complexity index is 477. The Morgan fingerprint density at radius 3 is 2.56 bits per heavy atom. The van der Waals surface area contributed by atoms with Crippen LogP contribution in [0.4, 0.5) is 0 Å². The molecular formula is C13H19N5. The number of likely N-dealkylation sites (N-methyl/N-ethyl adjacent to an activating group) is 1. The first-order valence-corrected chi connectivity index (χ1v) is 6.22. The zero-order valence-corrected chi connectivity index (χ0v) is 11.0. The summed E-state index contributed by atoms with van der Waals surface area (Å²) in [6.07, 6.45) is 0.816. The maximum Gasteiger partial charge on any atom is 0.158 e. The second-order valence-electron chi connectivity index (χ2n) is 4.69. The van der Waals surface area contributed by atoms with Crippen LogP contribution in [0.2, 0.25) is 0 Å². The van der Waals surface area contributed by atoms with Crippen molar-refractivity contribution < 1.29 is 0 Å². The summed E-state index contributed by atoms with van der Waals surface area (Å²) in [6, 6.07) is 10.3. The van der Waals surface area contributed by atoms with E-state index in [9.17, 15) is 0 Å². The SMILES string of the molecule is CNC(Cc1nnnn1-c1ccccc1)C(C)C. The molecule has 18 heavy (non-hydrogen) atoms. The van der Waals surface area contributed by atoms with E-state index in [1.54, 1.807) is 4.68 Å². The molecular weight excluding hydrogens is 226 g/mol. The molecule has 5 heteroatoms. The van der Waals surface area contributed by atoms with Crippen molar-refractivity contribution in [2.75, 3.05) is 7.05 Å². The number of nitrogens with one attached hydrogen (secondary N) is 1. The molecule has 0 aliphatic carbocycles. The first kappa shape index (κ1) is 12.7. The number of para-hydroxylation sites is 1. The summed E-state index contributed by atoms with van der Waals surface area (Å²) in [5.74, 6) is 1.42. The minimum Gasteiger partial charge on any atom is -0.316 e. The van der Waals surface area contributed by atoms with E-state index in [0.717, 1.165) is 17.9 Å². The monoisotopic (exact) mass is 245 g/mol. The minimum absolute atomic E-state index is 0.374. The fourth-order valence-corrected chi connectivity index (χ4v) is 1.97. The van der Waals surface area contributed by atoms with Gasteiger partial charge in [-0.05, 0) is 35.5 Å². The van der Waals surface area contributed by atoms with Crippen molar-refractivity contribution in [2.45, 2.75) is 26.3 Å². The smallest absolute Gasteiger partial charge is 0.158 e. The first-order valence-electron chi connectivity index (χ1n) is 6.22. The highest BCUT2D eigenvalue weighted by molar-refractivity contribution is 5.30. The number of benzene rings is 1. The molecule has 1 atom stereocenters. The molecule has 1 unspecified atom stereocenters. The van der Waals surface area contributed by atoms with E-state index < -0.39 is 0 Å². The van der Waals surface area contributed by atoms with Gasteiger partial charge in [-0.2, -0.15) is 4.68 Å². The Labute approximate surface area is 107 Å². The van der Waals surface area contributed by atoms with Gasteiger partial charge < -0.3 is 5.32 Å². The van der Waals surface area contributed by atoms with Gasteiger partial charge >= 0.3 is 0 Å². The third-order valence-electron chi connectivity index (χ3n) is 3.11. The molecule has 0 amide bonds. The third-order valence-corrected chi connectivity index (χ3v) is 3.11. The van der Waals surface area contributed by atoms with Crippen LogP contribution < -0.4 is 5.32 Å². The number of rotatable bonds is 5. The van der Waals surface area contributed by atoms with E-state index in [1.807, 2.05) is 37.4 Å². The largest absolute Gasteiger partial charge is 0.316 e. The molecule has 2 aromatic rings. The standard InChI is InChI=1S/C13H19N5/c1-10(2)12(14-3)9-13-15-16-17-18(13)11-7-5-4-6-8-11/h4-8,10,12,14H,9H2,1-3H3. The van der Waals surface area contributed by atoms with Gasteiger partial charge in [0, 0.05) is 12.5 Å². The van der Waals surface area contributed by atoms with Gasteiger partial charge in [0.05, 0.1) is 5.69 Å². The van der Waals surface area contributed by atoms with Crippen LogP contribution in [0.5, 0.6) is 0 Å². The fourth-order valence-electron chi connectivity index (χ4n) is 1.97. The lowest BCUT2D eigenvalue weighted by Gasteiger charge is -2.19. The molecule has 1 aromatic carbocycles. The van der Waals surface area contributed by atoms with Crippen molar-refractivity contribution >= 4 is 0 Å². The summed E-state index contributed by atoms with van der Waals surface area (Å²) >= 11 is 0. The summed E-state index contributed by atoms with van der Waals surface area (Å²) in [5.41, 5.74) is 0.996. The minimum atomic E-state index is 0.374. The van der Waals surface area contributed by atoms with Gasteiger partial charge in [-0.1, -0.05) is 32.0 Å². The van der Waals surface area contributed by atoms with Gasteiger partial charge in [-0.3, -0.25) is 0 Å². The molecule has 96 valence electrons. The Hall–Kier alpha value is -1.75. The van der Waals surface area contributed by atoms with E-state index >= 15 is 0 Å². The number of tetrazole rings is 1. The molecule has 1 heterocycles. The van der Waals surface area contributed by atoms with Gasteiger partial charge in [0.2, 0.25) is 0 Å². The second kappa shape index (κ2) is 5.73. The second-order valence-corrected chi connectivity index (χ2v) is 4.69. The summed E-state index contributed by atoms with van der Waals surface area (Å²) in [5, 5.41) is 15.3. The Balaban J connectivity index is 2.23. The quantitative estimate of drug-likeness (QED) is 0.866. The molecule has 1 aromatic heterocycles. The van der Waals surface area contributed by atoms with Crippen molar-refractivity contribution in [3.63, 3.8) is 0 Å². The predicted octanol–water partition coefficient (Wildman–Crippen LogP) is 1.45. The molecule has 0 radical (unpaired) electrons. The van der Waals surface area contributed by atoms with Crippen LogP contribution in [0.3, 0.4) is 0 Å². The lowest BCUT2D eigenvalue weighted by Crippen LogP contribution is -2.33. The Morgan fingerprint density at radius 1 is 1.22 bits per heavy atom. The van der Waals surface area contributed by atoms with Crippen LogP contribution >= 0.6 is 0 Å². The van der Waals surface area contributed by atoms with E-state index in [1.165, 1.54) is 0 Å². The number of aromatic nitrogens is 4. The van der Waals surface area contributed by atoms with Crippen LogP contribution in [0.1, 0.15) is 19.7 Å². The average molecular weight is 245 g/mol. The molecule has 0 spiro atoms. The van der Waals surface area contributed by atoms with Crippen LogP contribution in [-0.2, 0) is 6.42 Å². The van der Waals surface area contributed by atoms with E-state index in [2.05, 4.69) is 34.7 Å². The normalized spacial score (nSPS) is 12.9. The maximum atomic E-state index is 4.12. The van der Waals surface area contributed by atoms with Gasteiger partial charge in [0.1, 0.15) is 0 Å². The molecule has 1 N–H and O–H groups in total. The van der Waals surface area contributed by atoms with Crippen molar-refractivity contribution in [2.24, 2.45) is 5.92 Å². The summed E-state index contributed by atoms with van der Waals surface area (Å²) in [4.78, 5) is 0. The summed E-state index contributed by atoms with van der Waals surface area (Å²) in [6.45, 7) is 4.38. The molecule has 0 aliphatic rings.